The molecule has 0 radical (unpaired) electrons. The number of nitrogens with one attached hydrogen (secondary N) is 2. The molecule has 1 atom stereocenters. The number of hydrogen-bond donors (Lipinski definition) is 3. The van der Waals surface area contributed by atoms with Gasteiger partial charge in [-0.1, -0.05) is 51.1 Å². The number of aromatic carboxylic acids is 1. The number of carboxylic acid groups (broad SMARTS) is 1. The first-order valence-electron chi connectivity index (χ1n) is 16.5. The van der Waals surface area contributed by atoms with Crippen LogP contribution in [0.1, 0.15) is 78.7 Å². The summed E-state index contributed by atoms with van der Waals surface area (Å²) in [7, 11) is -4.23. The lowest BCUT2D eigenvalue weighted by atomic mass is 9.88. The Morgan fingerprint density at radius 3 is 2.39 bits per heavy atom. The molecule has 0 bridgehead atoms. The van der Waals surface area contributed by atoms with E-state index in [0.29, 0.717) is 18.2 Å². The third kappa shape index (κ3) is 9.84. The monoisotopic (exact) mass is 687 g/mol. The van der Waals surface area contributed by atoms with Crippen molar-refractivity contribution >= 4 is 21.9 Å². The predicted molar refractivity (Wildman–Crippen MR) is 188 cm³/mol. The summed E-state index contributed by atoms with van der Waals surface area (Å²) in [5.41, 5.74) is 5.24. The summed E-state index contributed by atoms with van der Waals surface area (Å²) < 4.78 is 41.0. The molecule has 2 aromatic heterocycles. The number of aryl methyl sites for hydroxylation is 2. The summed E-state index contributed by atoms with van der Waals surface area (Å²) in [6, 6.07) is 16.8. The van der Waals surface area contributed by atoms with Gasteiger partial charge in [0.2, 0.25) is 11.8 Å². The molecule has 260 valence electrons. The number of sulfonamides is 1. The Labute approximate surface area is 288 Å². The van der Waals surface area contributed by atoms with E-state index in [9.17, 15) is 18.3 Å². The fourth-order valence-electron chi connectivity index (χ4n) is 6.04. The topological polar surface area (TPSA) is 153 Å². The largest absolute Gasteiger partial charge is 0.478 e. The summed E-state index contributed by atoms with van der Waals surface area (Å²) in [6.45, 7) is 12.8. The molecular weight excluding hydrogens is 643 g/mol. The van der Waals surface area contributed by atoms with Gasteiger partial charge < -0.3 is 19.9 Å². The van der Waals surface area contributed by atoms with Gasteiger partial charge >= 0.3 is 5.97 Å². The number of benzene rings is 2. The number of nitrogens with zero attached hydrogens (tertiary/aromatic N) is 3. The van der Waals surface area contributed by atoms with Gasteiger partial charge in [-0.3, -0.25) is 4.98 Å². The maximum absolute atomic E-state index is 13.4. The van der Waals surface area contributed by atoms with Gasteiger partial charge in [0.1, 0.15) is 6.61 Å². The lowest BCUT2D eigenvalue weighted by molar-refractivity contribution is 0.0696. The molecule has 2 aromatic carbocycles. The van der Waals surface area contributed by atoms with Crippen molar-refractivity contribution in [3.05, 3.63) is 94.8 Å². The molecule has 12 heteroatoms. The second kappa shape index (κ2) is 15.4. The quantitative estimate of drug-likeness (QED) is 0.142. The zero-order chi connectivity index (χ0) is 35.2. The lowest BCUT2D eigenvalue weighted by Crippen LogP contribution is -2.37. The van der Waals surface area contributed by atoms with Crippen LogP contribution in [0.25, 0.3) is 11.3 Å². The number of ether oxygens (including phenoxy) is 2. The third-order valence-corrected chi connectivity index (χ3v) is 9.79. The second-order valence-corrected chi connectivity index (χ2v) is 15.4. The summed E-state index contributed by atoms with van der Waals surface area (Å²) in [5.74, 6) is -0.743. The van der Waals surface area contributed by atoms with E-state index in [4.69, 9.17) is 14.5 Å². The van der Waals surface area contributed by atoms with Crippen LogP contribution in [0.15, 0.2) is 71.8 Å². The highest BCUT2D eigenvalue weighted by molar-refractivity contribution is 7.92. The van der Waals surface area contributed by atoms with E-state index in [1.54, 1.807) is 6.07 Å². The third-order valence-electron chi connectivity index (χ3n) is 8.46. The number of carbonyl (C=O) groups is 1. The van der Waals surface area contributed by atoms with E-state index in [2.05, 4.69) is 52.9 Å². The van der Waals surface area contributed by atoms with Gasteiger partial charge in [-0.25, -0.2) is 22.9 Å². The molecule has 0 amide bonds. The van der Waals surface area contributed by atoms with Crippen molar-refractivity contribution in [3.63, 3.8) is 0 Å². The first-order valence-corrected chi connectivity index (χ1v) is 18.0. The van der Waals surface area contributed by atoms with Crippen molar-refractivity contribution in [3.8, 4) is 17.1 Å². The number of carboxylic acids is 1. The van der Waals surface area contributed by atoms with Gasteiger partial charge in [-0.05, 0) is 85.4 Å². The molecule has 1 saturated heterocycles. The van der Waals surface area contributed by atoms with Crippen LogP contribution in [0, 0.1) is 19.3 Å². The van der Waals surface area contributed by atoms with E-state index >= 15 is 0 Å². The summed E-state index contributed by atoms with van der Waals surface area (Å²) in [4.78, 5) is 25.0. The Hall–Kier alpha value is -4.39. The predicted octanol–water partition coefficient (Wildman–Crippen LogP) is 6.52. The van der Waals surface area contributed by atoms with Crippen molar-refractivity contribution in [1.82, 2.24) is 20.3 Å². The maximum atomic E-state index is 13.4. The molecule has 49 heavy (non-hydrogen) atoms. The Bertz CT molecular complexity index is 1850. The molecule has 1 aliphatic heterocycles. The molecule has 1 aliphatic rings. The van der Waals surface area contributed by atoms with Crippen molar-refractivity contribution < 1.29 is 27.8 Å². The van der Waals surface area contributed by atoms with Gasteiger partial charge in [0.25, 0.3) is 10.0 Å². The molecule has 11 nitrogen and oxygen atoms in total. The number of rotatable bonds is 13. The molecule has 1 fully saturated rings. The Morgan fingerprint density at radius 1 is 1.02 bits per heavy atom. The van der Waals surface area contributed by atoms with Crippen LogP contribution >= 0.6 is 0 Å². The zero-order valence-electron chi connectivity index (χ0n) is 28.7. The fourth-order valence-corrected chi connectivity index (χ4v) is 7.03. The maximum Gasteiger partial charge on any atom is 0.335 e. The van der Waals surface area contributed by atoms with Crippen LogP contribution < -0.4 is 14.8 Å². The molecule has 0 saturated carbocycles. The second-order valence-electron chi connectivity index (χ2n) is 13.7. The highest BCUT2D eigenvalue weighted by atomic mass is 32.2. The van der Waals surface area contributed by atoms with Crippen molar-refractivity contribution in [2.24, 2.45) is 5.41 Å². The molecule has 3 heterocycles. The normalized spacial score (nSPS) is 14.7. The minimum atomic E-state index is -4.23. The van der Waals surface area contributed by atoms with Crippen LogP contribution in [0.5, 0.6) is 5.88 Å². The zero-order valence-corrected chi connectivity index (χ0v) is 29.5. The molecule has 0 spiro atoms. The van der Waals surface area contributed by atoms with Crippen molar-refractivity contribution in [1.29, 1.82) is 0 Å². The van der Waals surface area contributed by atoms with E-state index in [-0.39, 0.29) is 40.4 Å². The van der Waals surface area contributed by atoms with Gasteiger partial charge in [-0.15, -0.1) is 0 Å². The highest BCUT2D eigenvalue weighted by Gasteiger charge is 2.23. The first-order chi connectivity index (χ1) is 23.3. The average Bonchev–Trinajstić information content (AvgIpc) is 3.06. The average molecular weight is 688 g/mol. The minimum absolute atomic E-state index is 0.0122. The minimum Gasteiger partial charge on any atom is -0.478 e. The SMILES string of the molecule is Cc1cccc(C)c1-c1cc(OCC(CC(C)(C)C)NCc2ccc(C3CCOCC3)cn2)nc(NS(=O)(=O)c2cccc(C(=O)O)c2)n1. The smallest absolute Gasteiger partial charge is 0.335 e. The van der Waals surface area contributed by atoms with Crippen LogP contribution in [-0.2, 0) is 21.3 Å². The molecule has 3 N–H and O–H groups in total. The summed E-state index contributed by atoms with van der Waals surface area (Å²) >= 11 is 0. The Kier molecular flexibility index (Phi) is 11.3. The molecule has 4 aromatic rings. The lowest BCUT2D eigenvalue weighted by Gasteiger charge is -2.27. The van der Waals surface area contributed by atoms with Gasteiger partial charge in [-0.2, -0.15) is 4.98 Å². The van der Waals surface area contributed by atoms with Gasteiger partial charge in [0.05, 0.1) is 21.8 Å². The van der Waals surface area contributed by atoms with Crippen LogP contribution in [0.3, 0.4) is 0 Å². The van der Waals surface area contributed by atoms with Crippen molar-refractivity contribution in [2.45, 2.75) is 77.3 Å². The van der Waals surface area contributed by atoms with E-state index in [1.807, 2.05) is 38.2 Å². The standard InChI is InChI=1S/C37H45N5O6S/c1-24-8-6-9-25(2)34(24)32-19-33(41-36(40-32)42-49(45,46)31-11-7-10-27(18-31)35(43)44)48-23-30(20-37(3,4)5)39-22-29-13-12-28(21-38-29)26-14-16-47-17-15-26/h6-13,18-19,21,26,30,39H,14-17,20,22-23H2,1-5H3,(H,43,44)(H,40,41,42). The molecular formula is C37H45N5O6S. The Balaban J connectivity index is 1.38. The number of aromatic nitrogens is 3. The summed E-state index contributed by atoms with van der Waals surface area (Å²) in [6.07, 6.45) is 4.79. The molecule has 5 rings (SSSR count). The Morgan fingerprint density at radius 2 is 1.73 bits per heavy atom. The number of hydrogen-bond acceptors (Lipinski definition) is 9. The van der Waals surface area contributed by atoms with Crippen LogP contribution in [0.2, 0.25) is 0 Å². The van der Waals surface area contributed by atoms with E-state index in [1.165, 1.54) is 23.8 Å². The number of anilines is 1. The highest BCUT2D eigenvalue weighted by Crippen LogP contribution is 2.30. The van der Waals surface area contributed by atoms with Crippen LogP contribution in [-0.4, -0.2) is 60.3 Å². The first kappa shape index (κ1) is 35.9. The summed E-state index contributed by atoms with van der Waals surface area (Å²) in [5, 5.41) is 13.0. The fraction of sp³-hybridized carbons (Fsp3) is 0.405. The van der Waals surface area contributed by atoms with Gasteiger partial charge in [0, 0.05) is 43.6 Å². The molecule has 1 unspecified atom stereocenters. The van der Waals surface area contributed by atoms with E-state index < -0.39 is 16.0 Å². The van der Waals surface area contributed by atoms with Crippen molar-refractivity contribution in [2.75, 3.05) is 24.5 Å². The number of pyridine rings is 1. The molecule has 0 aliphatic carbocycles. The van der Waals surface area contributed by atoms with Gasteiger partial charge in [0.15, 0.2) is 0 Å². The van der Waals surface area contributed by atoms with Crippen LogP contribution in [0.4, 0.5) is 5.95 Å². The van der Waals surface area contributed by atoms with E-state index in [0.717, 1.165) is 60.9 Å².